The van der Waals surface area contributed by atoms with Gasteiger partial charge in [-0.2, -0.15) is 0 Å². The topological polar surface area (TPSA) is 58.7 Å². The molecule has 6 heteroatoms. The Hall–Kier alpha value is -2.37. The standard InChI is InChI=1S/C21H22ClN3OS/c1-4-21(26)25-11-18(16-9-20(22)27-19(16)12-25)15-8-6-5-7-14(15)17(10-23)13(2)24-3/h4-10,18H,1,11-12,23H2,2-3H3/t18-/m1/s1. The van der Waals surface area contributed by atoms with Crippen molar-refractivity contribution in [2.45, 2.75) is 19.4 Å². The fourth-order valence-electron chi connectivity index (χ4n) is 3.52. The van der Waals surface area contributed by atoms with Gasteiger partial charge in [-0.1, -0.05) is 42.4 Å². The second-order valence-electron chi connectivity index (χ2n) is 6.38. The summed E-state index contributed by atoms with van der Waals surface area (Å²) in [6, 6.07) is 10.1. The zero-order valence-electron chi connectivity index (χ0n) is 15.4. The van der Waals surface area contributed by atoms with Crippen LogP contribution >= 0.6 is 22.9 Å². The third-order valence-corrected chi connectivity index (χ3v) is 6.19. The molecule has 0 fully saturated rings. The second kappa shape index (κ2) is 8.11. The van der Waals surface area contributed by atoms with E-state index >= 15 is 0 Å². The number of benzene rings is 1. The molecule has 0 radical (unpaired) electrons. The average Bonchev–Trinajstić information content (AvgIpc) is 3.07. The smallest absolute Gasteiger partial charge is 0.246 e. The van der Waals surface area contributed by atoms with Crippen molar-refractivity contribution in [3.63, 3.8) is 0 Å². The molecule has 0 aliphatic carbocycles. The highest BCUT2D eigenvalue weighted by Crippen LogP contribution is 2.42. The highest BCUT2D eigenvalue weighted by atomic mass is 35.5. The summed E-state index contributed by atoms with van der Waals surface area (Å²) < 4.78 is 0.733. The second-order valence-corrected chi connectivity index (χ2v) is 8.15. The zero-order valence-corrected chi connectivity index (χ0v) is 17.0. The van der Waals surface area contributed by atoms with Crippen molar-refractivity contribution in [3.05, 3.63) is 75.1 Å². The van der Waals surface area contributed by atoms with Crippen molar-refractivity contribution in [1.29, 1.82) is 0 Å². The minimum atomic E-state index is -0.0754. The Morgan fingerprint density at radius 3 is 2.81 bits per heavy atom. The first kappa shape index (κ1) is 19.4. The van der Waals surface area contributed by atoms with Crippen molar-refractivity contribution >= 4 is 40.1 Å². The van der Waals surface area contributed by atoms with Gasteiger partial charge < -0.3 is 10.6 Å². The molecule has 0 spiro atoms. The van der Waals surface area contributed by atoms with E-state index in [4.69, 9.17) is 17.3 Å². The molecule has 0 saturated heterocycles. The fourth-order valence-corrected chi connectivity index (χ4v) is 4.88. The normalized spacial score (nSPS) is 17.6. The van der Waals surface area contributed by atoms with E-state index < -0.39 is 0 Å². The molecule has 0 unspecified atom stereocenters. The summed E-state index contributed by atoms with van der Waals surface area (Å²) in [7, 11) is 1.75. The number of aliphatic imine (C=N–C) groups is 1. The first-order valence-electron chi connectivity index (χ1n) is 8.64. The molecular formula is C21H22ClN3OS. The van der Waals surface area contributed by atoms with Crippen molar-refractivity contribution in [1.82, 2.24) is 4.90 Å². The summed E-state index contributed by atoms with van der Waals surface area (Å²) in [5.41, 5.74) is 11.0. The Morgan fingerprint density at radius 2 is 2.15 bits per heavy atom. The number of fused-ring (bicyclic) bond motifs is 1. The maximum atomic E-state index is 12.3. The first-order chi connectivity index (χ1) is 13.0. The molecule has 140 valence electrons. The lowest BCUT2D eigenvalue weighted by Crippen LogP contribution is -2.37. The van der Waals surface area contributed by atoms with E-state index in [0.717, 1.165) is 31.6 Å². The number of nitrogens with zero attached hydrogens (tertiary/aromatic N) is 2. The van der Waals surface area contributed by atoms with Gasteiger partial charge in [0, 0.05) is 41.9 Å². The summed E-state index contributed by atoms with van der Waals surface area (Å²) in [4.78, 5) is 19.5. The third-order valence-electron chi connectivity index (χ3n) is 4.93. The monoisotopic (exact) mass is 399 g/mol. The van der Waals surface area contributed by atoms with Gasteiger partial charge in [0.05, 0.1) is 10.9 Å². The van der Waals surface area contributed by atoms with Crippen LogP contribution in [0.5, 0.6) is 0 Å². The van der Waals surface area contributed by atoms with Crippen LogP contribution in [0.4, 0.5) is 0 Å². The molecule has 2 N–H and O–H groups in total. The number of nitrogens with two attached hydrogens (primary N) is 1. The highest BCUT2D eigenvalue weighted by molar-refractivity contribution is 7.16. The van der Waals surface area contributed by atoms with Crippen LogP contribution in [-0.4, -0.2) is 30.1 Å². The van der Waals surface area contributed by atoms with Crippen LogP contribution in [0.15, 0.2) is 54.2 Å². The van der Waals surface area contributed by atoms with Gasteiger partial charge in [0.15, 0.2) is 0 Å². The maximum Gasteiger partial charge on any atom is 0.246 e. The highest BCUT2D eigenvalue weighted by Gasteiger charge is 2.32. The van der Waals surface area contributed by atoms with Gasteiger partial charge in [-0.3, -0.25) is 9.79 Å². The number of thiophene rings is 1. The van der Waals surface area contributed by atoms with Crippen molar-refractivity contribution in [3.8, 4) is 0 Å². The Morgan fingerprint density at radius 1 is 1.41 bits per heavy atom. The number of carbonyl (C=O) groups is 1. The fraction of sp³-hybridized carbons (Fsp3) is 0.238. The van der Waals surface area contributed by atoms with E-state index in [1.807, 2.05) is 36.1 Å². The molecule has 1 atom stereocenters. The molecule has 1 aromatic carbocycles. The molecule has 3 rings (SSSR count). The molecule has 2 heterocycles. The van der Waals surface area contributed by atoms with Crippen LogP contribution in [0.3, 0.4) is 0 Å². The van der Waals surface area contributed by atoms with Gasteiger partial charge in [0.2, 0.25) is 5.91 Å². The third kappa shape index (κ3) is 3.70. The summed E-state index contributed by atoms with van der Waals surface area (Å²) in [5.74, 6) is -0.0641. The lowest BCUT2D eigenvalue weighted by atomic mass is 9.83. The van der Waals surface area contributed by atoms with Gasteiger partial charge in [0.25, 0.3) is 0 Å². The van der Waals surface area contributed by atoms with Gasteiger partial charge in [-0.05, 0) is 35.8 Å². The molecule has 1 amide bonds. The minimum Gasteiger partial charge on any atom is -0.404 e. The first-order valence-corrected chi connectivity index (χ1v) is 9.84. The van der Waals surface area contributed by atoms with Crippen LogP contribution in [0.1, 0.15) is 34.4 Å². The van der Waals surface area contributed by atoms with Crippen LogP contribution < -0.4 is 5.73 Å². The average molecular weight is 400 g/mol. The predicted molar refractivity (Wildman–Crippen MR) is 114 cm³/mol. The molecule has 1 aromatic heterocycles. The Kier molecular flexibility index (Phi) is 5.82. The van der Waals surface area contributed by atoms with Crippen molar-refractivity contribution in [2.24, 2.45) is 10.7 Å². The summed E-state index contributed by atoms with van der Waals surface area (Å²) in [6.07, 6.45) is 2.96. The van der Waals surface area contributed by atoms with Crippen LogP contribution in [0, 0.1) is 0 Å². The molecule has 0 saturated carbocycles. The van der Waals surface area contributed by atoms with E-state index in [2.05, 4.69) is 17.6 Å². The Balaban J connectivity index is 2.15. The minimum absolute atomic E-state index is 0.0113. The number of hydrogen-bond acceptors (Lipinski definition) is 4. The van der Waals surface area contributed by atoms with Crippen molar-refractivity contribution < 1.29 is 4.79 Å². The van der Waals surface area contributed by atoms with E-state index in [9.17, 15) is 4.79 Å². The molecule has 1 aliphatic heterocycles. The summed E-state index contributed by atoms with van der Waals surface area (Å²) in [5, 5.41) is 0. The lowest BCUT2D eigenvalue weighted by Gasteiger charge is -2.33. The van der Waals surface area contributed by atoms with Gasteiger partial charge >= 0.3 is 0 Å². The molecule has 0 bridgehead atoms. The van der Waals surface area contributed by atoms with Crippen LogP contribution in [0.2, 0.25) is 4.34 Å². The zero-order chi connectivity index (χ0) is 19.6. The molecule has 1 aliphatic rings. The number of hydrogen-bond donors (Lipinski definition) is 1. The largest absolute Gasteiger partial charge is 0.404 e. The lowest BCUT2D eigenvalue weighted by molar-refractivity contribution is -0.127. The Bertz CT molecular complexity index is 945. The summed E-state index contributed by atoms with van der Waals surface area (Å²) in [6.45, 7) is 6.71. The number of rotatable bonds is 4. The number of halogens is 1. The maximum absolute atomic E-state index is 12.3. The SMILES string of the molecule is C=CC(=O)N1Cc2sc(Cl)cc2[C@@H](c2ccccc2C(=CN)C(C)=NC)C1. The van der Waals surface area contributed by atoms with Gasteiger partial charge in [-0.25, -0.2) is 0 Å². The van der Waals surface area contributed by atoms with E-state index in [1.54, 1.807) is 13.2 Å². The van der Waals surface area contributed by atoms with E-state index in [0.29, 0.717) is 13.1 Å². The number of amides is 1. The molecule has 2 aromatic rings. The Labute approximate surface area is 168 Å². The van der Waals surface area contributed by atoms with Gasteiger partial charge in [0.1, 0.15) is 0 Å². The molecular weight excluding hydrogens is 378 g/mol. The van der Waals surface area contributed by atoms with Crippen molar-refractivity contribution in [2.75, 3.05) is 13.6 Å². The predicted octanol–water partition coefficient (Wildman–Crippen LogP) is 4.45. The molecule has 4 nitrogen and oxygen atoms in total. The summed E-state index contributed by atoms with van der Waals surface area (Å²) >= 11 is 7.84. The number of carbonyl (C=O) groups excluding carboxylic acids is 1. The van der Waals surface area contributed by atoms with E-state index in [-0.39, 0.29) is 11.8 Å². The van der Waals surface area contributed by atoms with E-state index in [1.165, 1.54) is 23.0 Å². The quantitative estimate of drug-likeness (QED) is 0.609. The van der Waals surface area contributed by atoms with Gasteiger partial charge in [-0.15, -0.1) is 11.3 Å². The van der Waals surface area contributed by atoms with Crippen LogP contribution in [-0.2, 0) is 11.3 Å². The van der Waals surface area contributed by atoms with Crippen LogP contribution in [0.25, 0.3) is 5.57 Å². The molecule has 27 heavy (non-hydrogen) atoms. The number of allylic oxidation sites excluding steroid dienone is 1.